The van der Waals surface area contributed by atoms with Crippen molar-refractivity contribution in [3.63, 3.8) is 0 Å². The van der Waals surface area contributed by atoms with Gasteiger partial charge in [0.25, 0.3) is 0 Å². The van der Waals surface area contributed by atoms with Gasteiger partial charge in [-0.3, -0.25) is 14.7 Å². The zero-order chi connectivity index (χ0) is 10.8. The predicted octanol–water partition coefficient (Wildman–Crippen LogP) is -0.417. The molecule has 0 radical (unpaired) electrons. The standard InChI is InChI=1S/C9H11N3O3/c1-15-8-4-10-3-7(11-8)12-5-6(13)2-9(12)14/h3-4,6,13H,2,5H2,1H3. The summed E-state index contributed by atoms with van der Waals surface area (Å²) in [7, 11) is 1.48. The van der Waals surface area contributed by atoms with Gasteiger partial charge in [-0.05, 0) is 0 Å². The average molecular weight is 209 g/mol. The van der Waals surface area contributed by atoms with E-state index in [9.17, 15) is 9.90 Å². The van der Waals surface area contributed by atoms with Gasteiger partial charge in [0.15, 0.2) is 5.82 Å². The minimum absolute atomic E-state index is 0.138. The largest absolute Gasteiger partial charge is 0.480 e. The number of rotatable bonds is 2. The first-order valence-electron chi connectivity index (χ1n) is 4.55. The molecule has 1 aromatic heterocycles. The number of anilines is 1. The van der Waals surface area contributed by atoms with Crippen LogP contribution in [0.1, 0.15) is 6.42 Å². The maximum Gasteiger partial charge on any atom is 0.234 e. The highest BCUT2D eigenvalue weighted by atomic mass is 16.5. The Morgan fingerprint density at radius 3 is 3.00 bits per heavy atom. The Bertz CT molecular complexity index is 383. The summed E-state index contributed by atoms with van der Waals surface area (Å²) in [6, 6.07) is 0. The number of β-amino-alcohol motifs (C(OH)–C–C–N with tert-alkyl or cyclic N) is 1. The van der Waals surface area contributed by atoms with Crippen LogP contribution in [-0.4, -0.2) is 40.7 Å². The molecule has 80 valence electrons. The molecule has 0 aromatic carbocycles. The average Bonchev–Trinajstić information content (AvgIpc) is 2.58. The summed E-state index contributed by atoms with van der Waals surface area (Å²) >= 11 is 0. The van der Waals surface area contributed by atoms with Gasteiger partial charge >= 0.3 is 0 Å². The van der Waals surface area contributed by atoms with E-state index >= 15 is 0 Å². The van der Waals surface area contributed by atoms with Gasteiger partial charge in [0.05, 0.1) is 38.6 Å². The highest BCUT2D eigenvalue weighted by Crippen LogP contribution is 2.20. The highest BCUT2D eigenvalue weighted by molar-refractivity contribution is 5.95. The second-order valence-corrected chi connectivity index (χ2v) is 3.28. The Hall–Kier alpha value is -1.69. The third kappa shape index (κ3) is 1.89. The number of amides is 1. The monoisotopic (exact) mass is 209 g/mol. The number of aliphatic hydroxyl groups excluding tert-OH is 1. The maximum absolute atomic E-state index is 11.4. The minimum Gasteiger partial charge on any atom is -0.480 e. The van der Waals surface area contributed by atoms with Crippen LogP contribution in [0.25, 0.3) is 0 Å². The molecule has 1 N–H and O–H groups in total. The molecule has 0 saturated carbocycles. The molecule has 0 aliphatic carbocycles. The van der Waals surface area contributed by atoms with E-state index < -0.39 is 6.10 Å². The van der Waals surface area contributed by atoms with E-state index in [1.165, 1.54) is 24.4 Å². The smallest absolute Gasteiger partial charge is 0.234 e. The molecule has 2 rings (SSSR count). The van der Waals surface area contributed by atoms with Crippen molar-refractivity contribution < 1.29 is 14.6 Å². The van der Waals surface area contributed by atoms with E-state index in [2.05, 4.69) is 9.97 Å². The summed E-state index contributed by atoms with van der Waals surface area (Å²) in [5.41, 5.74) is 0. The van der Waals surface area contributed by atoms with Gasteiger partial charge in [-0.15, -0.1) is 0 Å². The van der Waals surface area contributed by atoms with Crippen LogP contribution < -0.4 is 9.64 Å². The Labute approximate surface area is 86.5 Å². The summed E-state index contributed by atoms with van der Waals surface area (Å²) in [6.45, 7) is 0.265. The normalized spacial score (nSPS) is 20.8. The molecule has 6 nitrogen and oxygen atoms in total. The van der Waals surface area contributed by atoms with Crippen molar-refractivity contribution in [2.24, 2.45) is 0 Å². The van der Waals surface area contributed by atoms with Gasteiger partial charge in [0.1, 0.15) is 0 Å². The third-order valence-corrected chi connectivity index (χ3v) is 2.19. The van der Waals surface area contributed by atoms with Crippen molar-refractivity contribution >= 4 is 11.7 Å². The molecule has 1 saturated heterocycles. The van der Waals surface area contributed by atoms with Crippen LogP contribution in [0.3, 0.4) is 0 Å². The van der Waals surface area contributed by atoms with Crippen LogP contribution in [0.4, 0.5) is 5.82 Å². The van der Waals surface area contributed by atoms with Gasteiger partial charge in [-0.25, -0.2) is 0 Å². The molecule has 6 heteroatoms. The van der Waals surface area contributed by atoms with Crippen LogP contribution >= 0.6 is 0 Å². The molecule has 2 heterocycles. The topological polar surface area (TPSA) is 75.6 Å². The van der Waals surface area contributed by atoms with E-state index in [0.29, 0.717) is 11.7 Å². The molecule has 1 amide bonds. The Kier molecular flexibility index (Phi) is 2.51. The lowest BCUT2D eigenvalue weighted by Crippen LogP contribution is -2.26. The molecule has 1 aliphatic heterocycles. The molecular weight excluding hydrogens is 198 g/mol. The Morgan fingerprint density at radius 1 is 1.60 bits per heavy atom. The zero-order valence-electron chi connectivity index (χ0n) is 8.25. The first-order valence-corrected chi connectivity index (χ1v) is 4.55. The number of aromatic nitrogens is 2. The SMILES string of the molecule is COc1cncc(N2CC(O)CC2=O)n1. The number of ether oxygens (including phenoxy) is 1. The van der Waals surface area contributed by atoms with Crippen LogP contribution in [0.2, 0.25) is 0 Å². The van der Waals surface area contributed by atoms with Gasteiger partial charge in [0.2, 0.25) is 11.8 Å². The first kappa shape index (κ1) is 9.85. The number of nitrogens with zero attached hydrogens (tertiary/aromatic N) is 3. The maximum atomic E-state index is 11.4. The lowest BCUT2D eigenvalue weighted by atomic mass is 10.3. The second-order valence-electron chi connectivity index (χ2n) is 3.28. The molecule has 1 atom stereocenters. The van der Waals surface area contributed by atoms with Crippen LogP contribution in [0.15, 0.2) is 12.4 Å². The van der Waals surface area contributed by atoms with Crippen molar-refractivity contribution in [3.8, 4) is 5.88 Å². The van der Waals surface area contributed by atoms with Gasteiger partial charge in [0, 0.05) is 0 Å². The number of methoxy groups -OCH3 is 1. The molecule has 15 heavy (non-hydrogen) atoms. The van der Waals surface area contributed by atoms with E-state index in [-0.39, 0.29) is 18.9 Å². The molecule has 1 aliphatic rings. The Balaban J connectivity index is 2.25. The lowest BCUT2D eigenvalue weighted by molar-refractivity contribution is -0.117. The summed E-state index contributed by atoms with van der Waals surface area (Å²) in [5, 5.41) is 9.32. The van der Waals surface area contributed by atoms with E-state index in [4.69, 9.17) is 4.74 Å². The number of aliphatic hydroxyl groups is 1. The fraction of sp³-hybridized carbons (Fsp3) is 0.444. The van der Waals surface area contributed by atoms with Crippen LogP contribution in [0.5, 0.6) is 5.88 Å². The van der Waals surface area contributed by atoms with Gasteiger partial charge in [-0.2, -0.15) is 4.98 Å². The summed E-state index contributed by atoms with van der Waals surface area (Å²) < 4.78 is 4.90. The fourth-order valence-corrected chi connectivity index (χ4v) is 1.48. The van der Waals surface area contributed by atoms with Gasteiger partial charge < -0.3 is 9.84 Å². The zero-order valence-corrected chi connectivity index (χ0v) is 8.25. The molecule has 0 spiro atoms. The molecule has 1 unspecified atom stereocenters. The quantitative estimate of drug-likeness (QED) is 0.716. The first-order chi connectivity index (χ1) is 7.20. The number of hydrogen-bond donors (Lipinski definition) is 1. The molecular formula is C9H11N3O3. The van der Waals surface area contributed by atoms with Crippen molar-refractivity contribution in [3.05, 3.63) is 12.4 Å². The minimum atomic E-state index is -0.620. The van der Waals surface area contributed by atoms with Crippen molar-refractivity contribution in [1.29, 1.82) is 0 Å². The number of carbonyl (C=O) groups excluding carboxylic acids is 1. The predicted molar refractivity (Wildman–Crippen MR) is 51.6 cm³/mol. The van der Waals surface area contributed by atoms with Crippen LogP contribution in [-0.2, 0) is 4.79 Å². The van der Waals surface area contributed by atoms with E-state index in [1.807, 2.05) is 0 Å². The van der Waals surface area contributed by atoms with E-state index in [1.54, 1.807) is 0 Å². The van der Waals surface area contributed by atoms with Crippen molar-refractivity contribution in [2.45, 2.75) is 12.5 Å². The van der Waals surface area contributed by atoms with Crippen molar-refractivity contribution in [2.75, 3.05) is 18.6 Å². The molecule has 1 aromatic rings. The number of carbonyl (C=O) groups is 1. The van der Waals surface area contributed by atoms with Crippen molar-refractivity contribution in [1.82, 2.24) is 9.97 Å². The Morgan fingerprint density at radius 2 is 2.40 bits per heavy atom. The second kappa shape index (κ2) is 3.82. The van der Waals surface area contributed by atoms with Gasteiger partial charge in [-0.1, -0.05) is 0 Å². The third-order valence-electron chi connectivity index (χ3n) is 2.19. The fourth-order valence-electron chi connectivity index (χ4n) is 1.48. The summed E-state index contributed by atoms with van der Waals surface area (Å²) in [4.78, 5) is 20.8. The lowest BCUT2D eigenvalue weighted by Gasteiger charge is -2.14. The molecule has 1 fully saturated rings. The summed E-state index contributed by atoms with van der Waals surface area (Å²) in [6.07, 6.45) is 2.45. The number of hydrogen-bond acceptors (Lipinski definition) is 5. The van der Waals surface area contributed by atoms with E-state index in [0.717, 1.165) is 0 Å². The van der Waals surface area contributed by atoms with Crippen LogP contribution in [0, 0.1) is 0 Å². The molecule has 0 bridgehead atoms. The highest BCUT2D eigenvalue weighted by Gasteiger charge is 2.30. The summed E-state index contributed by atoms with van der Waals surface area (Å²) in [5.74, 6) is 0.614.